The summed E-state index contributed by atoms with van der Waals surface area (Å²) >= 11 is 0. The van der Waals surface area contributed by atoms with Crippen LogP contribution in [-0.2, 0) is 10.3 Å². The molecule has 0 aromatic carbocycles. The summed E-state index contributed by atoms with van der Waals surface area (Å²) in [6.07, 6.45) is 8.36. The van der Waals surface area contributed by atoms with Gasteiger partial charge in [0.15, 0.2) is 0 Å². The van der Waals surface area contributed by atoms with Crippen molar-refractivity contribution in [2.45, 2.75) is 44.6 Å². The van der Waals surface area contributed by atoms with Crippen molar-refractivity contribution in [1.82, 2.24) is 20.2 Å². The van der Waals surface area contributed by atoms with E-state index < -0.39 is 12.7 Å². The molecule has 7 nitrogen and oxygen atoms in total. The zero-order valence-corrected chi connectivity index (χ0v) is 15.6. The Kier molecular flexibility index (Phi) is 3.78. The zero-order chi connectivity index (χ0) is 18.6. The molecule has 0 radical (unpaired) electrons. The molecule has 1 aliphatic carbocycles. The van der Waals surface area contributed by atoms with Gasteiger partial charge in [-0.1, -0.05) is 6.92 Å². The van der Waals surface area contributed by atoms with Crippen LogP contribution in [0, 0.1) is 5.41 Å². The van der Waals surface area contributed by atoms with Crippen LogP contribution < -0.4 is 10.8 Å². The van der Waals surface area contributed by atoms with Gasteiger partial charge >= 0.3 is 13.1 Å². The van der Waals surface area contributed by atoms with Gasteiger partial charge in [-0.05, 0) is 49.1 Å². The average Bonchev–Trinajstić information content (AvgIpc) is 3.22. The van der Waals surface area contributed by atoms with Gasteiger partial charge in [-0.3, -0.25) is 0 Å². The van der Waals surface area contributed by atoms with Crippen molar-refractivity contribution in [2.75, 3.05) is 19.6 Å². The first-order valence-corrected chi connectivity index (χ1v) is 9.91. The SMILES string of the molecule is CCCNC(=O)N1CCC2(CC1)CC1(C2)OB(O)c2cnc3[nH]ccc3c21. The number of aromatic amines is 1. The Hall–Kier alpha value is -2.06. The summed E-state index contributed by atoms with van der Waals surface area (Å²) in [6, 6.07) is 2.08. The monoisotopic (exact) mass is 368 g/mol. The van der Waals surface area contributed by atoms with Crippen molar-refractivity contribution >= 4 is 29.6 Å². The number of carbonyl (C=O) groups is 1. The summed E-state index contributed by atoms with van der Waals surface area (Å²) < 4.78 is 6.10. The minimum Gasteiger partial charge on any atom is -0.423 e. The Labute approximate surface area is 158 Å². The molecule has 0 bridgehead atoms. The van der Waals surface area contributed by atoms with E-state index in [-0.39, 0.29) is 11.4 Å². The van der Waals surface area contributed by atoms with Crippen molar-refractivity contribution in [2.24, 2.45) is 5.41 Å². The van der Waals surface area contributed by atoms with E-state index in [1.165, 1.54) is 0 Å². The second-order valence-electron chi connectivity index (χ2n) is 8.37. The Morgan fingerprint density at radius 2 is 2.22 bits per heavy atom. The summed E-state index contributed by atoms with van der Waals surface area (Å²) in [5.41, 5.74) is 2.54. The molecule has 0 unspecified atom stereocenters. The van der Waals surface area contributed by atoms with Gasteiger partial charge in [0.05, 0.1) is 5.60 Å². The molecule has 2 aromatic rings. The lowest BCUT2D eigenvalue weighted by Crippen LogP contribution is -2.56. The maximum absolute atomic E-state index is 12.2. The third kappa shape index (κ3) is 2.50. The molecule has 2 aliphatic heterocycles. The zero-order valence-electron chi connectivity index (χ0n) is 15.6. The van der Waals surface area contributed by atoms with Gasteiger partial charge in [0.1, 0.15) is 5.65 Å². The number of pyridine rings is 1. The molecule has 3 aliphatic rings. The molecule has 2 amide bonds. The van der Waals surface area contributed by atoms with Crippen LogP contribution in [0.25, 0.3) is 11.0 Å². The first-order chi connectivity index (χ1) is 13.1. The molecule has 1 saturated carbocycles. The van der Waals surface area contributed by atoms with E-state index in [0.29, 0.717) is 0 Å². The lowest BCUT2D eigenvalue weighted by Gasteiger charge is -2.58. The number of carbonyl (C=O) groups excluding carboxylic acids is 1. The molecule has 2 spiro atoms. The van der Waals surface area contributed by atoms with Gasteiger partial charge in [0, 0.05) is 42.9 Å². The van der Waals surface area contributed by atoms with Crippen LogP contribution in [0.2, 0.25) is 0 Å². The van der Waals surface area contributed by atoms with Crippen molar-refractivity contribution in [3.05, 3.63) is 24.0 Å². The number of amides is 2. The molecule has 2 fully saturated rings. The minimum absolute atomic E-state index is 0.0544. The summed E-state index contributed by atoms with van der Waals surface area (Å²) in [5, 5.41) is 14.4. The Morgan fingerprint density at radius 3 is 2.96 bits per heavy atom. The number of nitrogens with zero attached hydrogens (tertiary/aromatic N) is 2. The maximum atomic E-state index is 12.2. The molecule has 3 N–H and O–H groups in total. The van der Waals surface area contributed by atoms with Crippen LogP contribution in [0.3, 0.4) is 0 Å². The standard InChI is InChI=1S/C19H25BN4O3/c1-2-6-22-17(25)24-8-4-18(5-9-24)11-19(12-18)15-13-3-7-21-16(13)23-10-14(15)20(26)27-19/h3,7,10,26H,2,4-6,8-9,11-12H2,1H3,(H,21,23)(H,22,25). The Morgan fingerprint density at radius 1 is 1.44 bits per heavy atom. The van der Waals surface area contributed by atoms with E-state index in [2.05, 4.69) is 22.2 Å². The van der Waals surface area contributed by atoms with E-state index in [1.54, 1.807) is 6.20 Å². The quantitative estimate of drug-likeness (QED) is 0.701. The van der Waals surface area contributed by atoms with E-state index >= 15 is 0 Å². The number of rotatable bonds is 2. The number of piperidine rings is 1. The smallest absolute Gasteiger partial charge is 0.423 e. The summed E-state index contributed by atoms with van der Waals surface area (Å²) in [5.74, 6) is 0. The van der Waals surface area contributed by atoms with Gasteiger partial charge in [-0.2, -0.15) is 0 Å². The van der Waals surface area contributed by atoms with Gasteiger partial charge in [-0.15, -0.1) is 0 Å². The second kappa shape index (κ2) is 5.97. The molecule has 1 saturated heterocycles. The predicted molar refractivity (Wildman–Crippen MR) is 103 cm³/mol. The number of likely N-dealkylation sites (tertiary alicyclic amines) is 1. The Bertz CT molecular complexity index is 882. The van der Waals surface area contributed by atoms with Gasteiger partial charge < -0.3 is 24.9 Å². The molecule has 8 heteroatoms. The molecular weight excluding hydrogens is 343 g/mol. The molecule has 4 heterocycles. The van der Waals surface area contributed by atoms with Crippen LogP contribution in [0.15, 0.2) is 18.5 Å². The number of H-pyrrole nitrogens is 1. The third-order valence-corrected chi connectivity index (χ3v) is 6.63. The van der Waals surface area contributed by atoms with Crippen LogP contribution in [0.1, 0.15) is 44.6 Å². The summed E-state index contributed by atoms with van der Waals surface area (Å²) in [4.78, 5) is 21.7. The Balaban J connectivity index is 1.33. The highest BCUT2D eigenvalue weighted by Gasteiger charge is 2.62. The van der Waals surface area contributed by atoms with Gasteiger partial charge in [0.2, 0.25) is 0 Å². The topological polar surface area (TPSA) is 90.5 Å². The molecule has 2 aromatic heterocycles. The van der Waals surface area contributed by atoms with Crippen LogP contribution in [0.5, 0.6) is 0 Å². The fraction of sp³-hybridized carbons (Fsp3) is 0.579. The fourth-order valence-corrected chi connectivity index (χ4v) is 5.36. The number of fused-ring (bicyclic) bond motifs is 4. The molecule has 27 heavy (non-hydrogen) atoms. The first-order valence-electron chi connectivity index (χ1n) is 9.91. The van der Waals surface area contributed by atoms with E-state index in [4.69, 9.17) is 4.65 Å². The van der Waals surface area contributed by atoms with Crippen molar-refractivity contribution < 1.29 is 14.5 Å². The maximum Gasteiger partial charge on any atom is 0.493 e. The number of aromatic nitrogens is 2. The first kappa shape index (κ1) is 17.1. The van der Waals surface area contributed by atoms with Crippen molar-refractivity contribution in [3.63, 3.8) is 0 Å². The lowest BCUT2D eigenvalue weighted by molar-refractivity contribution is -0.135. The molecule has 0 atom stereocenters. The van der Waals surface area contributed by atoms with Gasteiger partial charge in [0.25, 0.3) is 0 Å². The molecule has 142 valence electrons. The van der Waals surface area contributed by atoms with Crippen molar-refractivity contribution in [3.8, 4) is 0 Å². The highest BCUT2D eigenvalue weighted by molar-refractivity contribution is 6.62. The highest BCUT2D eigenvalue weighted by atomic mass is 16.5. The number of hydrogen-bond donors (Lipinski definition) is 3. The van der Waals surface area contributed by atoms with Crippen LogP contribution >= 0.6 is 0 Å². The molecule has 5 rings (SSSR count). The fourth-order valence-electron chi connectivity index (χ4n) is 5.36. The highest BCUT2D eigenvalue weighted by Crippen LogP contribution is 2.62. The summed E-state index contributed by atoms with van der Waals surface area (Å²) in [6.45, 7) is 4.37. The van der Waals surface area contributed by atoms with E-state index in [9.17, 15) is 9.82 Å². The normalized spacial score (nSPS) is 22.3. The number of nitrogens with one attached hydrogen (secondary N) is 2. The van der Waals surface area contributed by atoms with Crippen LogP contribution in [-0.4, -0.2) is 52.7 Å². The van der Waals surface area contributed by atoms with Crippen molar-refractivity contribution in [1.29, 1.82) is 0 Å². The van der Waals surface area contributed by atoms with Crippen LogP contribution in [0.4, 0.5) is 4.79 Å². The minimum atomic E-state index is -0.899. The van der Waals surface area contributed by atoms with Gasteiger partial charge in [-0.25, -0.2) is 9.78 Å². The average molecular weight is 368 g/mol. The third-order valence-electron chi connectivity index (χ3n) is 6.63. The van der Waals surface area contributed by atoms with E-state index in [0.717, 1.165) is 73.8 Å². The lowest BCUT2D eigenvalue weighted by atomic mass is 9.53. The van der Waals surface area contributed by atoms with E-state index in [1.807, 2.05) is 17.2 Å². The predicted octanol–water partition coefficient (Wildman–Crippen LogP) is 1.47. The number of hydrogen-bond acceptors (Lipinski definition) is 4. The molecular formula is C19H25BN4O3. The summed E-state index contributed by atoms with van der Waals surface area (Å²) in [7, 11) is -0.899. The number of urea groups is 1. The largest absolute Gasteiger partial charge is 0.493 e. The second-order valence-corrected chi connectivity index (χ2v) is 8.37.